The maximum atomic E-state index is 2.58. The van der Waals surface area contributed by atoms with Crippen molar-refractivity contribution < 1.29 is 0 Å². The van der Waals surface area contributed by atoms with Crippen LogP contribution in [0.5, 0.6) is 0 Å². The van der Waals surface area contributed by atoms with Gasteiger partial charge in [-0.3, -0.25) is 0 Å². The SMILES string of the molecule is IC1=CCCCCC1C1=CCCCCC1. The first kappa shape index (κ1) is 11.7. The summed E-state index contributed by atoms with van der Waals surface area (Å²) in [5.74, 6) is 0.797. The molecule has 2 rings (SSSR count). The molecule has 0 spiro atoms. The normalized spacial score (nSPS) is 28.7. The number of halogens is 1. The van der Waals surface area contributed by atoms with E-state index in [-0.39, 0.29) is 0 Å². The van der Waals surface area contributed by atoms with Crippen LogP contribution in [-0.4, -0.2) is 0 Å². The molecule has 2 aliphatic rings. The summed E-state index contributed by atoms with van der Waals surface area (Å²) in [6.45, 7) is 0. The van der Waals surface area contributed by atoms with Gasteiger partial charge in [0, 0.05) is 5.92 Å². The van der Waals surface area contributed by atoms with Gasteiger partial charge in [0.15, 0.2) is 0 Å². The van der Waals surface area contributed by atoms with E-state index < -0.39 is 0 Å². The van der Waals surface area contributed by atoms with Crippen LogP contribution in [0.15, 0.2) is 21.3 Å². The summed E-state index contributed by atoms with van der Waals surface area (Å²) in [7, 11) is 0. The zero-order chi connectivity index (χ0) is 10.5. The fraction of sp³-hybridized carbons (Fsp3) is 0.714. The van der Waals surface area contributed by atoms with E-state index >= 15 is 0 Å². The summed E-state index contributed by atoms with van der Waals surface area (Å²) >= 11 is 2.58. The highest BCUT2D eigenvalue weighted by Crippen LogP contribution is 2.37. The minimum absolute atomic E-state index is 0.797. The molecule has 0 aromatic rings. The topological polar surface area (TPSA) is 0 Å². The molecule has 2 aliphatic carbocycles. The van der Waals surface area contributed by atoms with Crippen LogP contribution in [0.2, 0.25) is 0 Å². The predicted octanol–water partition coefficient (Wildman–Crippen LogP) is 5.39. The molecule has 1 atom stereocenters. The van der Waals surface area contributed by atoms with Gasteiger partial charge in [0.05, 0.1) is 0 Å². The van der Waals surface area contributed by atoms with E-state index in [0.29, 0.717) is 0 Å². The van der Waals surface area contributed by atoms with Crippen molar-refractivity contribution in [1.29, 1.82) is 0 Å². The Kier molecular flexibility index (Phi) is 4.73. The van der Waals surface area contributed by atoms with Gasteiger partial charge >= 0.3 is 0 Å². The van der Waals surface area contributed by atoms with E-state index in [9.17, 15) is 0 Å². The van der Waals surface area contributed by atoms with Crippen LogP contribution < -0.4 is 0 Å². The molecule has 15 heavy (non-hydrogen) atoms. The van der Waals surface area contributed by atoms with Crippen LogP contribution >= 0.6 is 22.6 Å². The summed E-state index contributed by atoms with van der Waals surface area (Å²) in [6, 6.07) is 0. The van der Waals surface area contributed by atoms with Gasteiger partial charge in [-0.05, 0) is 71.1 Å². The molecular weight excluding hydrogens is 295 g/mol. The maximum Gasteiger partial charge on any atom is 0.0103 e. The van der Waals surface area contributed by atoms with Crippen molar-refractivity contribution in [3.63, 3.8) is 0 Å². The van der Waals surface area contributed by atoms with E-state index in [4.69, 9.17) is 0 Å². The summed E-state index contributed by atoms with van der Waals surface area (Å²) in [5.41, 5.74) is 1.76. The van der Waals surface area contributed by atoms with Gasteiger partial charge in [-0.25, -0.2) is 0 Å². The lowest BCUT2D eigenvalue weighted by Gasteiger charge is -2.18. The molecule has 0 amide bonds. The Morgan fingerprint density at radius 2 is 1.73 bits per heavy atom. The lowest BCUT2D eigenvalue weighted by atomic mass is 9.91. The second-order valence-electron chi connectivity index (χ2n) is 4.80. The highest BCUT2D eigenvalue weighted by atomic mass is 127. The van der Waals surface area contributed by atoms with Crippen LogP contribution in [0.3, 0.4) is 0 Å². The van der Waals surface area contributed by atoms with Gasteiger partial charge in [0.1, 0.15) is 0 Å². The van der Waals surface area contributed by atoms with E-state index in [2.05, 4.69) is 34.7 Å². The lowest BCUT2D eigenvalue weighted by Crippen LogP contribution is -2.03. The minimum Gasteiger partial charge on any atom is -0.0847 e. The summed E-state index contributed by atoms with van der Waals surface area (Å²) in [4.78, 5) is 0. The highest BCUT2D eigenvalue weighted by molar-refractivity contribution is 14.1. The maximum absolute atomic E-state index is 2.58. The Labute approximate surface area is 107 Å². The van der Waals surface area contributed by atoms with Gasteiger partial charge in [-0.1, -0.05) is 30.6 Å². The largest absolute Gasteiger partial charge is 0.0847 e. The Morgan fingerprint density at radius 3 is 2.67 bits per heavy atom. The fourth-order valence-corrected chi connectivity index (χ4v) is 3.75. The molecule has 0 N–H and O–H groups in total. The van der Waals surface area contributed by atoms with Gasteiger partial charge < -0.3 is 0 Å². The molecule has 0 saturated heterocycles. The molecule has 0 nitrogen and oxygen atoms in total. The molecule has 84 valence electrons. The molecule has 0 fully saturated rings. The Morgan fingerprint density at radius 1 is 0.933 bits per heavy atom. The Hall–Kier alpha value is 0.210. The number of hydrogen-bond acceptors (Lipinski definition) is 0. The minimum atomic E-state index is 0.797. The van der Waals surface area contributed by atoms with Gasteiger partial charge in [-0.15, -0.1) is 0 Å². The molecule has 1 heteroatoms. The van der Waals surface area contributed by atoms with Gasteiger partial charge in [0.25, 0.3) is 0 Å². The Bertz CT molecular complexity index is 263. The van der Waals surface area contributed by atoms with Crippen LogP contribution in [-0.2, 0) is 0 Å². The molecule has 0 aliphatic heterocycles. The third-order valence-corrected chi connectivity index (χ3v) is 4.84. The zero-order valence-electron chi connectivity index (χ0n) is 9.47. The summed E-state index contributed by atoms with van der Waals surface area (Å²) < 4.78 is 1.62. The molecule has 0 saturated carbocycles. The molecule has 1 unspecified atom stereocenters. The molecule has 0 aromatic carbocycles. The van der Waals surface area contributed by atoms with E-state index in [1.165, 1.54) is 57.8 Å². The van der Waals surface area contributed by atoms with E-state index in [1.54, 1.807) is 9.15 Å². The molecular formula is C14H21I. The van der Waals surface area contributed by atoms with Crippen molar-refractivity contribution >= 4 is 22.6 Å². The van der Waals surface area contributed by atoms with Crippen molar-refractivity contribution in [2.75, 3.05) is 0 Å². The van der Waals surface area contributed by atoms with Crippen molar-refractivity contribution in [2.45, 2.75) is 57.8 Å². The van der Waals surface area contributed by atoms with Crippen molar-refractivity contribution in [3.8, 4) is 0 Å². The lowest BCUT2D eigenvalue weighted by molar-refractivity contribution is 0.594. The summed E-state index contributed by atoms with van der Waals surface area (Å²) in [6.07, 6.45) is 17.5. The predicted molar refractivity (Wildman–Crippen MR) is 75.2 cm³/mol. The fourth-order valence-electron chi connectivity index (χ4n) is 2.73. The third kappa shape index (κ3) is 3.33. The number of rotatable bonds is 1. The smallest absolute Gasteiger partial charge is 0.0103 e. The van der Waals surface area contributed by atoms with Crippen LogP contribution in [0.1, 0.15) is 57.8 Å². The second-order valence-corrected chi connectivity index (χ2v) is 6.05. The molecule has 0 heterocycles. The standard InChI is InChI=1S/C14H21I/c15-14-11-7-3-6-10-13(14)12-8-4-1-2-5-9-12/h8,11,13H,1-7,9-10H2. The average Bonchev–Trinajstić information content (AvgIpc) is 2.59. The highest BCUT2D eigenvalue weighted by Gasteiger charge is 2.19. The third-order valence-electron chi connectivity index (χ3n) is 3.64. The zero-order valence-corrected chi connectivity index (χ0v) is 11.6. The number of allylic oxidation sites excluding steroid dienone is 4. The van der Waals surface area contributed by atoms with Crippen LogP contribution in [0.4, 0.5) is 0 Å². The molecule has 0 aromatic heterocycles. The molecule has 0 bridgehead atoms. The Balaban J connectivity index is 2.09. The molecule has 0 radical (unpaired) electrons. The van der Waals surface area contributed by atoms with E-state index in [1.807, 2.05) is 0 Å². The van der Waals surface area contributed by atoms with Crippen LogP contribution in [0.25, 0.3) is 0 Å². The van der Waals surface area contributed by atoms with Crippen molar-refractivity contribution in [1.82, 2.24) is 0 Å². The van der Waals surface area contributed by atoms with Gasteiger partial charge in [-0.2, -0.15) is 0 Å². The first-order chi connectivity index (χ1) is 7.38. The van der Waals surface area contributed by atoms with Crippen LogP contribution in [0, 0.1) is 5.92 Å². The van der Waals surface area contributed by atoms with E-state index in [0.717, 1.165) is 5.92 Å². The number of hydrogen-bond donors (Lipinski definition) is 0. The van der Waals surface area contributed by atoms with Crippen molar-refractivity contribution in [2.24, 2.45) is 5.92 Å². The first-order valence-corrected chi connectivity index (χ1v) is 7.50. The summed E-state index contributed by atoms with van der Waals surface area (Å²) in [5, 5.41) is 0. The van der Waals surface area contributed by atoms with Crippen molar-refractivity contribution in [3.05, 3.63) is 21.3 Å². The average molecular weight is 316 g/mol. The second kappa shape index (κ2) is 6.07. The monoisotopic (exact) mass is 316 g/mol. The van der Waals surface area contributed by atoms with Gasteiger partial charge in [0.2, 0.25) is 0 Å². The quantitative estimate of drug-likeness (QED) is 0.450. The first-order valence-electron chi connectivity index (χ1n) is 6.42.